The minimum Gasteiger partial charge on any atom is -0.335 e. The fourth-order valence-corrected chi connectivity index (χ4v) is 6.36. The SMILES string of the molecule is CCn1nc2ccc(-c3n[nH]c4nc(N5C6CC[C@@H]5[C@H](NC)C6)n(C)c(=O)c34)c(Cl)c2c1Cl. The Balaban J connectivity index is 1.52. The third-order valence-electron chi connectivity index (χ3n) is 7.25. The number of anilines is 1. The van der Waals surface area contributed by atoms with Gasteiger partial charge in [0, 0.05) is 37.3 Å². The highest BCUT2D eigenvalue weighted by Gasteiger charge is 2.47. The first-order valence-electron chi connectivity index (χ1n) is 11.2. The summed E-state index contributed by atoms with van der Waals surface area (Å²) in [6, 6.07) is 4.82. The summed E-state index contributed by atoms with van der Waals surface area (Å²) in [5, 5.41) is 17.3. The Morgan fingerprint density at radius 1 is 1.24 bits per heavy atom. The molecule has 2 bridgehead atoms. The molecular formula is C22H24Cl2N8O. The third-order valence-corrected chi connectivity index (χ3v) is 8.03. The van der Waals surface area contributed by atoms with Gasteiger partial charge in [-0.2, -0.15) is 15.2 Å². The van der Waals surface area contributed by atoms with Gasteiger partial charge in [0.2, 0.25) is 5.95 Å². The summed E-state index contributed by atoms with van der Waals surface area (Å²) in [5.74, 6) is 0.682. The Bertz CT molecular complexity index is 1470. The van der Waals surface area contributed by atoms with Crippen molar-refractivity contribution in [2.75, 3.05) is 11.9 Å². The van der Waals surface area contributed by atoms with Gasteiger partial charge >= 0.3 is 0 Å². The van der Waals surface area contributed by atoms with Gasteiger partial charge in [-0.1, -0.05) is 23.2 Å². The van der Waals surface area contributed by atoms with Gasteiger partial charge in [0.25, 0.3) is 5.56 Å². The second-order valence-electron chi connectivity index (χ2n) is 8.84. The lowest BCUT2D eigenvalue weighted by Gasteiger charge is -2.26. The highest BCUT2D eigenvalue weighted by molar-refractivity contribution is 6.43. The van der Waals surface area contributed by atoms with Crippen LogP contribution >= 0.6 is 23.2 Å². The molecule has 33 heavy (non-hydrogen) atoms. The molecule has 5 heterocycles. The first kappa shape index (κ1) is 20.9. The molecular weight excluding hydrogens is 463 g/mol. The van der Waals surface area contributed by atoms with E-state index in [1.54, 1.807) is 16.3 Å². The van der Waals surface area contributed by atoms with Gasteiger partial charge in [-0.3, -0.25) is 19.1 Å². The van der Waals surface area contributed by atoms with E-state index >= 15 is 0 Å². The number of nitrogens with zero attached hydrogens (tertiary/aromatic N) is 6. The normalized spacial score (nSPS) is 22.3. The van der Waals surface area contributed by atoms with Gasteiger partial charge in [-0.15, -0.1) is 0 Å². The number of hydrogen-bond acceptors (Lipinski definition) is 6. The number of H-pyrrole nitrogens is 1. The number of rotatable bonds is 4. The molecule has 0 amide bonds. The van der Waals surface area contributed by atoms with E-state index < -0.39 is 0 Å². The zero-order valence-electron chi connectivity index (χ0n) is 18.6. The molecule has 2 saturated heterocycles. The smallest absolute Gasteiger partial charge is 0.266 e. The average molecular weight is 487 g/mol. The molecule has 1 unspecified atom stereocenters. The molecule has 172 valence electrons. The number of likely N-dealkylation sites (N-methyl/N-ethyl adjacent to an activating group) is 1. The minimum absolute atomic E-state index is 0.155. The maximum absolute atomic E-state index is 13.6. The summed E-state index contributed by atoms with van der Waals surface area (Å²) in [6.07, 6.45) is 3.28. The number of aryl methyl sites for hydroxylation is 1. The van der Waals surface area contributed by atoms with Crippen molar-refractivity contribution >= 4 is 51.1 Å². The molecule has 2 fully saturated rings. The predicted octanol–water partition coefficient (Wildman–Crippen LogP) is 3.33. The van der Waals surface area contributed by atoms with Crippen molar-refractivity contribution in [3.63, 3.8) is 0 Å². The van der Waals surface area contributed by atoms with Crippen molar-refractivity contribution in [2.24, 2.45) is 7.05 Å². The van der Waals surface area contributed by atoms with E-state index in [0.717, 1.165) is 19.3 Å². The van der Waals surface area contributed by atoms with Crippen LogP contribution in [0.15, 0.2) is 16.9 Å². The zero-order chi connectivity index (χ0) is 23.0. The second kappa shape index (κ2) is 7.44. The topological polar surface area (TPSA) is 96.7 Å². The average Bonchev–Trinajstić information content (AvgIpc) is 3.57. The molecule has 3 atom stereocenters. The number of nitrogens with one attached hydrogen (secondary N) is 2. The molecule has 11 heteroatoms. The Kier molecular flexibility index (Phi) is 4.73. The summed E-state index contributed by atoms with van der Waals surface area (Å²) in [5.41, 5.74) is 2.09. The lowest BCUT2D eigenvalue weighted by molar-refractivity contribution is 0.445. The highest BCUT2D eigenvalue weighted by atomic mass is 35.5. The van der Waals surface area contributed by atoms with Gasteiger partial charge in [0.15, 0.2) is 5.65 Å². The summed E-state index contributed by atoms with van der Waals surface area (Å²) >= 11 is 13.3. The quantitative estimate of drug-likeness (QED) is 0.459. The van der Waals surface area contributed by atoms with Crippen LogP contribution in [0.3, 0.4) is 0 Å². The lowest BCUT2D eigenvalue weighted by Crippen LogP contribution is -2.41. The number of hydrogen-bond donors (Lipinski definition) is 2. The molecule has 6 rings (SSSR count). The third kappa shape index (κ3) is 2.82. The van der Waals surface area contributed by atoms with Crippen molar-refractivity contribution < 1.29 is 0 Å². The van der Waals surface area contributed by atoms with Crippen molar-refractivity contribution in [1.29, 1.82) is 0 Å². The van der Waals surface area contributed by atoms with Crippen LogP contribution in [-0.2, 0) is 13.6 Å². The van der Waals surface area contributed by atoms with Crippen LogP contribution in [0.4, 0.5) is 5.95 Å². The molecule has 3 aromatic heterocycles. The second-order valence-corrected chi connectivity index (χ2v) is 9.57. The lowest BCUT2D eigenvalue weighted by atomic mass is 9.96. The van der Waals surface area contributed by atoms with E-state index in [4.69, 9.17) is 28.2 Å². The number of aromatic nitrogens is 6. The van der Waals surface area contributed by atoms with Crippen LogP contribution in [0.2, 0.25) is 10.2 Å². The van der Waals surface area contributed by atoms with E-state index in [1.165, 1.54) is 0 Å². The summed E-state index contributed by atoms with van der Waals surface area (Å²) in [6.45, 7) is 2.59. The molecule has 2 aliphatic heterocycles. The summed E-state index contributed by atoms with van der Waals surface area (Å²) in [4.78, 5) is 20.7. The monoisotopic (exact) mass is 486 g/mol. The Morgan fingerprint density at radius 3 is 2.79 bits per heavy atom. The fraction of sp³-hybridized carbons (Fsp3) is 0.455. The maximum Gasteiger partial charge on any atom is 0.266 e. The van der Waals surface area contributed by atoms with Crippen molar-refractivity contribution in [1.82, 2.24) is 34.8 Å². The first-order chi connectivity index (χ1) is 15.9. The van der Waals surface area contributed by atoms with Crippen LogP contribution in [0.1, 0.15) is 26.2 Å². The Morgan fingerprint density at radius 2 is 2.06 bits per heavy atom. The molecule has 2 aliphatic rings. The Hall–Kier alpha value is -2.62. The van der Waals surface area contributed by atoms with Crippen LogP contribution < -0.4 is 15.8 Å². The molecule has 0 spiro atoms. The molecule has 4 aromatic rings. The number of fused-ring (bicyclic) bond motifs is 4. The van der Waals surface area contributed by atoms with Gasteiger partial charge in [-0.05, 0) is 45.4 Å². The van der Waals surface area contributed by atoms with Crippen LogP contribution in [0, 0.1) is 0 Å². The largest absolute Gasteiger partial charge is 0.335 e. The maximum atomic E-state index is 13.6. The van der Waals surface area contributed by atoms with Crippen molar-refractivity contribution in [3.05, 3.63) is 32.7 Å². The van der Waals surface area contributed by atoms with E-state index in [0.29, 0.717) is 74.0 Å². The molecule has 0 radical (unpaired) electrons. The first-order valence-corrected chi connectivity index (χ1v) is 12.0. The van der Waals surface area contributed by atoms with Gasteiger partial charge in [0.1, 0.15) is 16.2 Å². The highest BCUT2D eigenvalue weighted by Crippen LogP contribution is 2.41. The van der Waals surface area contributed by atoms with E-state index in [1.807, 2.05) is 26.1 Å². The fourth-order valence-electron chi connectivity index (χ4n) is 5.63. The standard InChI is InChI=1S/C22H24Cl2N8O/c1-4-31-19(24)15-12(29-31)7-6-11(17(15)23)18-16-20(28-27-18)26-22(30(3)21(16)33)32-10-5-8-14(32)13(9-10)25-2/h6-7,10,13-14,25H,4-5,8-9H2,1-3H3,(H,27,28)/t10?,13-,14-/m1/s1. The van der Waals surface area contributed by atoms with Crippen LogP contribution in [0.5, 0.6) is 0 Å². The minimum atomic E-state index is -0.155. The van der Waals surface area contributed by atoms with Crippen molar-refractivity contribution in [2.45, 2.75) is 50.9 Å². The molecule has 9 nitrogen and oxygen atoms in total. The molecule has 0 saturated carbocycles. The number of aromatic amines is 1. The Labute approximate surface area is 199 Å². The van der Waals surface area contributed by atoms with Crippen LogP contribution in [0.25, 0.3) is 33.2 Å². The molecule has 1 aromatic carbocycles. The summed E-state index contributed by atoms with van der Waals surface area (Å²) in [7, 11) is 3.78. The zero-order valence-corrected chi connectivity index (χ0v) is 20.1. The van der Waals surface area contributed by atoms with E-state index in [2.05, 4.69) is 25.5 Å². The predicted molar refractivity (Wildman–Crippen MR) is 130 cm³/mol. The molecule has 0 aliphatic carbocycles. The van der Waals surface area contributed by atoms with E-state index in [9.17, 15) is 4.79 Å². The van der Waals surface area contributed by atoms with Crippen LogP contribution in [-0.4, -0.2) is 54.7 Å². The summed E-state index contributed by atoms with van der Waals surface area (Å²) < 4.78 is 3.33. The van der Waals surface area contributed by atoms with E-state index in [-0.39, 0.29) is 5.56 Å². The van der Waals surface area contributed by atoms with Gasteiger partial charge < -0.3 is 10.2 Å². The number of benzene rings is 1. The van der Waals surface area contributed by atoms with Gasteiger partial charge in [0.05, 0.1) is 15.9 Å². The van der Waals surface area contributed by atoms with Crippen molar-refractivity contribution in [3.8, 4) is 11.3 Å². The van der Waals surface area contributed by atoms with Gasteiger partial charge in [-0.25, -0.2) is 0 Å². The number of halogens is 2. The molecule has 2 N–H and O–H groups in total.